The molecule has 0 saturated carbocycles. The predicted octanol–water partition coefficient (Wildman–Crippen LogP) is 16.8. The number of ether oxygens (including phenoxy) is 3. The van der Waals surface area contributed by atoms with E-state index in [0.29, 0.717) is 30.3 Å². The van der Waals surface area contributed by atoms with Crippen LogP contribution in [0.25, 0.3) is 0 Å². The van der Waals surface area contributed by atoms with Crippen LogP contribution in [0.15, 0.2) is 0 Å². The van der Waals surface area contributed by atoms with Gasteiger partial charge in [-0.2, -0.15) is 0 Å². The minimum absolute atomic E-state index is 0.0670. The fourth-order valence-electron chi connectivity index (χ4n) is 9.05. The van der Waals surface area contributed by atoms with Gasteiger partial charge in [-0.25, -0.2) is 0 Å². The lowest BCUT2D eigenvalue weighted by atomic mass is 9.89. The Morgan fingerprint density at radius 2 is 0.476 bits per heavy atom. The molecule has 0 spiro atoms. The van der Waals surface area contributed by atoms with E-state index in [9.17, 15) is 14.4 Å². The molecule has 0 aromatic heterocycles. The van der Waals surface area contributed by atoms with Crippen LogP contribution in [0.1, 0.15) is 290 Å². The molecule has 0 aromatic carbocycles. The highest BCUT2D eigenvalue weighted by atomic mass is 16.6. The average molecular weight is 893 g/mol. The van der Waals surface area contributed by atoms with Crippen LogP contribution in [0, 0.1) is 5.41 Å². The average Bonchev–Trinajstić information content (AvgIpc) is 3.25. The van der Waals surface area contributed by atoms with Gasteiger partial charge >= 0.3 is 17.9 Å². The van der Waals surface area contributed by atoms with Crippen molar-refractivity contribution in [2.75, 3.05) is 47.5 Å². The first kappa shape index (κ1) is 61.4. The van der Waals surface area contributed by atoms with Crippen molar-refractivity contribution in [1.82, 2.24) is 0 Å². The Hall–Kier alpha value is -1.63. The van der Waals surface area contributed by atoms with Gasteiger partial charge in [-0.05, 0) is 19.3 Å². The normalized spacial score (nSPS) is 11.9. The van der Waals surface area contributed by atoms with Crippen LogP contribution in [-0.2, 0) is 28.6 Å². The Balaban J connectivity index is 4.84. The molecule has 0 fully saturated rings. The molecule has 7 heteroatoms. The molecular weight excluding hydrogens is 783 g/mol. The summed E-state index contributed by atoms with van der Waals surface area (Å²) < 4.78 is 18.4. The second-order valence-corrected chi connectivity index (χ2v) is 20.9. The van der Waals surface area contributed by atoms with E-state index in [1.807, 2.05) is 0 Å². The molecule has 0 bridgehead atoms. The molecule has 0 unspecified atom stereocenters. The lowest BCUT2D eigenvalue weighted by Crippen LogP contribution is -2.52. The maximum atomic E-state index is 13.1. The Morgan fingerprint density at radius 3 is 0.651 bits per heavy atom. The summed E-state index contributed by atoms with van der Waals surface area (Å²) in [5, 5.41) is 0. The quantitative estimate of drug-likeness (QED) is 0.0262. The van der Waals surface area contributed by atoms with Gasteiger partial charge in [0.05, 0.1) is 27.7 Å². The van der Waals surface area contributed by atoms with Crippen molar-refractivity contribution in [1.29, 1.82) is 0 Å². The van der Waals surface area contributed by atoms with Crippen molar-refractivity contribution in [3.63, 3.8) is 0 Å². The van der Waals surface area contributed by atoms with Gasteiger partial charge in [0.25, 0.3) is 0 Å². The molecule has 63 heavy (non-hydrogen) atoms. The smallest absolute Gasteiger partial charge is 0.305 e. The van der Waals surface area contributed by atoms with Crippen molar-refractivity contribution in [3.8, 4) is 0 Å². The molecule has 0 heterocycles. The summed E-state index contributed by atoms with van der Waals surface area (Å²) >= 11 is 0. The first-order valence-corrected chi connectivity index (χ1v) is 27.8. The summed E-state index contributed by atoms with van der Waals surface area (Å²) in [6, 6.07) is 0. The zero-order chi connectivity index (χ0) is 46.4. The number of rotatable bonds is 50. The summed E-state index contributed by atoms with van der Waals surface area (Å²) in [4.78, 5) is 39.2. The molecule has 0 aromatic rings. The lowest BCUT2D eigenvalue weighted by Gasteiger charge is -2.38. The highest BCUT2D eigenvalue weighted by Gasteiger charge is 2.41. The molecule has 0 aliphatic heterocycles. The number of hydrogen-bond donors (Lipinski definition) is 0. The number of esters is 3. The van der Waals surface area contributed by atoms with Crippen LogP contribution in [0.5, 0.6) is 0 Å². The van der Waals surface area contributed by atoms with Gasteiger partial charge in [-0.3, -0.25) is 14.4 Å². The van der Waals surface area contributed by atoms with E-state index in [-0.39, 0.29) is 37.7 Å². The van der Waals surface area contributed by atoms with Crippen molar-refractivity contribution in [3.05, 3.63) is 0 Å². The number of unbranched alkanes of at least 4 members (excludes halogenated alkanes) is 36. The summed E-state index contributed by atoms with van der Waals surface area (Å²) in [6.45, 7) is 7.54. The predicted molar refractivity (Wildman–Crippen MR) is 269 cm³/mol. The Kier molecular flexibility index (Phi) is 44.3. The van der Waals surface area contributed by atoms with Crippen LogP contribution in [0.2, 0.25) is 0 Å². The van der Waals surface area contributed by atoms with Crippen LogP contribution in [0.3, 0.4) is 0 Å². The summed E-state index contributed by atoms with van der Waals surface area (Å²) in [5.41, 5.74) is -0.818. The second-order valence-electron chi connectivity index (χ2n) is 20.9. The van der Waals surface area contributed by atoms with Gasteiger partial charge in [0, 0.05) is 19.3 Å². The second kappa shape index (κ2) is 45.5. The molecule has 0 radical (unpaired) electrons. The Bertz CT molecular complexity index is 966. The van der Waals surface area contributed by atoms with Crippen molar-refractivity contribution >= 4 is 17.9 Å². The van der Waals surface area contributed by atoms with Crippen molar-refractivity contribution in [2.45, 2.75) is 290 Å². The number of carbonyl (C=O) groups excluding carboxylic acids is 3. The highest BCUT2D eigenvalue weighted by Crippen LogP contribution is 2.25. The molecule has 0 saturated heterocycles. The third-order valence-electron chi connectivity index (χ3n) is 12.9. The van der Waals surface area contributed by atoms with Gasteiger partial charge in [0.1, 0.15) is 25.2 Å². The van der Waals surface area contributed by atoms with E-state index in [4.69, 9.17) is 14.2 Å². The topological polar surface area (TPSA) is 78.9 Å². The minimum Gasteiger partial charge on any atom is -0.465 e. The lowest BCUT2D eigenvalue weighted by molar-refractivity contribution is -0.877. The zero-order valence-electron chi connectivity index (χ0n) is 43.4. The number of quaternary nitrogens is 1. The molecule has 0 atom stereocenters. The van der Waals surface area contributed by atoms with Gasteiger partial charge < -0.3 is 18.7 Å². The summed E-state index contributed by atoms with van der Waals surface area (Å²) in [5.74, 6) is -0.668. The number of carbonyl (C=O) groups is 3. The van der Waals surface area contributed by atoms with Crippen LogP contribution >= 0.6 is 0 Å². The molecule has 0 N–H and O–H groups in total. The monoisotopic (exact) mass is 893 g/mol. The molecular formula is C56H110NO6+. The largest absolute Gasteiger partial charge is 0.465 e. The molecule has 0 rings (SSSR count). The van der Waals surface area contributed by atoms with Gasteiger partial charge in [-0.1, -0.05) is 252 Å². The van der Waals surface area contributed by atoms with E-state index in [2.05, 4.69) is 41.9 Å². The molecule has 7 nitrogen and oxygen atoms in total. The standard InChI is InChI=1S/C56H110NO6/c1-7-10-13-16-19-22-25-26-27-28-29-30-33-36-39-42-45-48-55(60)63-52-56(49-57(4,5)6,50-61-53(58)46-43-40-37-34-31-23-20-17-14-11-8-2)51-62-54(59)47-44-41-38-35-32-24-21-18-15-12-9-3/h7-52H2,1-6H3/q+1. The Morgan fingerprint density at radius 1 is 0.302 bits per heavy atom. The molecule has 0 aliphatic rings. The summed E-state index contributed by atoms with van der Waals surface area (Å²) in [6.07, 6.45) is 50.3. The Labute approximate surface area is 393 Å². The van der Waals surface area contributed by atoms with E-state index < -0.39 is 5.41 Å². The maximum Gasteiger partial charge on any atom is 0.305 e. The fraction of sp³-hybridized carbons (Fsp3) is 0.946. The first-order chi connectivity index (χ1) is 30.6. The minimum atomic E-state index is -0.818. The number of hydrogen-bond acceptors (Lipinski definition) is 6. The van der Waals surface area contributed by atoms with Crippen LogP contribution in [-0.4, -0.2) is 69.9 Å². The first-order valence-electron chi connectivity index (χ1n) is 27.8. The highest BCUT2D eigenvalue weighted by molar-refractivity contribution is 5.70. The van der Waals surface area contributed by atoms with Gasteiger partial charge in [0.15, 0.2) is 0 Å². The van der Waals surface area contributed by atoms with Crippen molar-refractivity contribution < 1.29 is 33.1 Å². The van der Waals surface area contributed by atoms with Crippen LogP contribution in [0.4, 0.5) is 0 Å². The van der Waals surface area contributed by atoms with E-state index >= 15 is 0 Å². The maximum absolute atomic E-state index is 13.1. The van der Waals surface area contributed by atoms with Crippen LogP contribution < -0.4 is 0 Å². The third-order valence-corrected chi connectivity index (χ3v) is 12.9. The van der Waals surface area contributed by atoms with Gasteiger partial charge in [0.2, 0.25) is 0 Å². The number of nitrogens with zero attached hydrogens (tertiary/aromatic N) is 1. The molecule has 0 aliphatic carbocycles. The van der Waals surface area contributed by atoms with E-state index in [0.717, 1.165) is 57.8 Å². The third kappa shape index (κ3) is 45.3. The van der Waals surface area contributed by atoms with Crippen molar-refractivity contribution in [2.24, 2.45) is 5.41 Å². The van der Waals surface area contributed by atoms with E-state index in [1.165, 1.54) is 193 Å². The summed E-state index contributed by atoms with van der Waals surface area (Å²) in [7, 11) is 6.23. The fourth-order valence-corrected chi connectivity index (χ4v) is 9.05. The SMILES string of the molecule is CCCCCCCCCCCCCCCCCCCC(=O)OCC(COC(=O)CCCCCCCCCCCCC)(COC(=O)CCCCCCCCCCCCC)C[N+](C)(C)C. The van der Waals surface area contributed by atoms with Gasteiger partial charge in [-0.15, -0.1) is 0 Å². The molecule has 0 amide bonds. The van der Waals surface area contributed by atoms with E-state index in [1.54, 1.807) is 0 Å². The molecule has 374 valence electrons. The zero-order valence-corrected chi connectivity index (χ0v) is 43.4.